The molecule has 0 aliphatic carbocycles. The zero-order chi connectivity index (χ0) is 17.3. The lowest BCUT2D eigenvalue weighted by Gasteiger charge is -2.17. The number of carbonyl (C=O) groups is 1. The van der Waals surface area contributed by atoms with Crippen LogP contribution in [0.3, 0.4) is 0 Å². The Balaban J connectivity index is 1.71. The van der Waals surface area contributed by atoms with Crippen molar-refractivity contribution in [2.45, 2.75) is 44.1 Å². The summed E-state index contributed by atoms with van der Waals surface area (Å²) < 4.78 is 29.3. The van der Waals surface area contributed by atoms with Gasteiger partial charge in [0.25, 0.3) is 0 Å². The average molecular weight is 368 g/mol. The highest BCUT2D eigenvalue weighted by Crippen LogP contribution is 2.20. The first-order chi connectivity index (χ1) is 11.3. The summed E-state index contributed by atoms with van der Waals surface area (Å²) >= 11 is 1.21. The molecule has 7 nitrogen and oxygen atoms in total. The van der Waals surface area contributed by atoms with Crippen molar-refractivity contribution in [2.75, 3.05) is 6.54 Å². The van der Waals surface area contributed by atoms with Crippen LogP contribution in [-0.4, -0.2) is 35.6 Å². The number of carbonyl (C=O) groups excluding carboxylic acids is 1. The van der Waals surface area contributed by atoms with E-state index in [-0.39, 0.29) is 12.5 Å². The topological polar surface area (TPSA) is 84.3 Å². The van der Waals surface area contributed by atoms with Crippen molar-refractivity contribution in [3.05, 3.63) is 34.5 Å². The number of nitrogens with one attached hydrogen (secondary N) is 1. The number of fused-ring (bicyclic) bond motifs is 1. The fraction of sp³-hybridized carbons (Fsp3) is 0.467. The summed E-state index contributed by atoms with van der Waals surface area (Å²) in [6, 6.07) is 3.52. The van der Waals surface area contributed by atoms with Crippen LogP contribution in [0.25, 0.3) is 0 Å². The number of aryl methyl sites for hydroxylation is 2. The average Bonchev–Trinajstić information content (AvgIpc) is 3.07. The van der Waals surface area contributed by atoms with Gasteiger partial charge in [-0.1, -0.05) is 0 Å². The van der Waals surface area contributed by atoms with Crippen LogP contribution in [0.15, 0.2) is 21.7 Å². The van der Waals surface area contributed by atoms with Crippen LogP contribution in [0, 0.1) is 6.92 Å². The number of rotatable bonds is 4. The summed E-state index contributed by atoms with van der Waals surface area (Å²) in [4.78, 5) is 13.4. The Hall–Kier alpha value is -1.71. The fourth-order valence-electron chi connectivity index (χ4n) is 2.66. The minimum Gasteiger partial charge on any atom is -0.337 e. The molecule has 130 valence electrons. The molecule has 1 N–H and O–H groups in total. The molecule has 0 aromatic carbocycles. The van der Waals surface area contributed by atoms with Crippen molar-refractivity contribution in [1.29, 1.82) is 0 Å². The van der Waals surface area contributed by atoms with Gasteiger partial charge in [-0.15, -0.1) is 11.3 Å². The highest BCUT2D eigenvalue weighted by atomic mass is 32.2. The third-order valence-electron chi connectivity index (χ3n) is 3.92. The highest BCUT2D eigenvalue weighted by Gasteiger charge is 2.20. The molecule has 0 saturated heterocycles. The normalized spacial score (nSPS) is 15.2. The molecule has 0 unspecified atom stereocenters. The molecule has 0 saturated carbocycles. The third kappa shape index (κ3) is 3.68. The number of aromatic nitrogens is 2. The lowest BCUT2D eigenvalue weighted by molar-refractivity contribution is -0.129. The van der Waals surface area contributed by atoms with Crippen LogP contribution < -0.4 is 4.72 Å². The van der Waals surface area contributed by atoms with Gasteiger partial charge in [-0.2, -0.15) is 5.10 Å². The molecule has 0 bridgehead atoms. The van der Waals surface area contributed by atoms with Gasteiger partial charge in [-0.05, 0) is 36.4 Å². The van der Waals surface area contributed by atoms with E-state index in [1.807, 2.05) is 23.1 Å². The molecule has 3 rings (SSSR count). The molecule has 9 heteroatoms. The Morgan fingerprint density at radius 1 is 1.38 bits per heavy atom. The Bertz CT molecular complexity index is 854. The van der Waals surface area contributed by atoms with Gasteiger partial charge < -0.3 is 4.90 Å². The van der Waals surface area contributed by atoms with Crippen molar-refractivity contribution in [1.82, 2.24) is 19.4 Å². The molecule has 0 spiro atoms. The second kappa shape index (κ2) is 6.66. The first-order valence-electron chi connectivity index (χ1n) is 7.71. The maximum atomic E-state index is 12.3. The minimum atomic E-state index is -3.52. The van der Waals surface area contributed by atoms with Crippen LogP contribution in [-0.2, 0) is 34.5 Å². The van der Waals surface area contributed by atoms with Gasteiger partial charge in [0.05, 0.1) is 24.5 Å². The molecule has 1 aliphatic heterocycles. The smallest absolute Gasteiger partial charge is 0.250 e. The fourth-order valence-corrected chi connectivity index (χ4v) is 4.94. The van der Waals surface area contributed by atoms with E-state index in [0.29, 0.717) is 16.4 Å². The van der Waals surface area contributed by atoms with Gasteiger partial charge in [0.2, 0.25) is 15.9 Å². The minimum absolute atomic E-state index is 0.0416. The van der Waals surface area contributed by atoms with Gasteiger partial charge in [0.15, 0.2) is 0 Å². The highest BCUT2D eigenvalue weighted by molar-refractivity contribution is 7.91. The molecule has 1 aliphatic rings. The Kier molecular flexibility index (Phi) is 4.75. The van der Waals surface area contributed by atoms with Gasteiger partial charge in [-0.3, -0.25) is 9.48 Å². The summed E-state index contributed by atoms with van der Waals surface area (Å²) in [7, 11) is -3.52. The zero-order valence-corrected chi connectivity index (χ0v) is 15.3. The maximum absolute atomic E-state index is 12.3. The standard InChI is InChI=1S/C15H20N4O3S2/c1-11-6-15(23-10-11)24(21,22)16-8-13-7-14-9-18(12(2)20)4-3-5-19(14)17-13/h6-7,10,16H,3-5,8-9H2,1-2H3. The number of amides is 1. The number of sulfonamides is 1. The molecule has 0 fully saturated rings. The van der Waals surface area contributed by atoms with Crippen molar-refractivity contribution >= 4 is 27.3 Å². The van der Waals surface area contributed by atoms with Crippen LogP contribution in [0.2, 0.25) is 0 Å². The van der Waals surface area contributed by atoms with Crippen molar-refractivity contribution in [3.63, 3.8) is 0 Å². The number of hydrogen-bond acceptors (Lipinski definition) is 5. The third-order valence-corrected chi connectivity index (χ3v) is 6.88. The zero-order valence-electron chi connectivity index (χ0n) is 13.7. The van der Waals surface area contributed by atoms with E-state index in [2.05, 4.69) is 9.82 Å². The van der Waals surface area contributed by atoms with E-state index in [4.69, 9.17) is 0 Å². The molecule has 0 atom stereocenters. The van der Waals surface area contributed by atoms with E-state index >= 15 is 0 Å². The van der Waals surface area contributed by atoms with E-state index < -0.39 is 10.0 Å². The van der Waals surface area contributed by atoms with E-state index in [0.717, 1.165) is 30.8 Å². The van der Waals surface area contributed by atoms with E-state index in [1.165, 1.54) is 11.3 Å². The SMILES string of the molecule is CC(=O)N1CCCn2nc(CNS(=O)(=O)c3cc(C)cs3)cc2C1. The predicted molar refractivity (Wildman–Crippen MR) is 91.0 cm³/mol. The Morgan fingerprint density at radius 2 is 2.17 bits per heavy atom. The molecule has 0 radical (unpaired) electrons. The molecule has 24 heavy (non-hydrogen) atoms. The molecular formula is C15H20N4O3S2. The van der Waals surface area contributed by atoms with Crippen molar-refractivity contribution < 1.29 is 13.2 Å². The van der Waals surface area contributed by atoms with Gasteiger partial charge >= 0.3 is 0 Å². The summed E-state index contributed by atoms with van der Waals surface area (Å²) in [6.07, 6.45) is 0.841. The molecule has 2 aromatic heterocycles. The quantitative estimate of drug-likeness (QED) is 0.886. The van der Waals surface area contributed by atoms with Crippen LogP contribution >= 0.6 is 11.3 Å². The van der Waals surface area contributed by atoms with E-state index in [9.17, 15) is 13.2 Å². The summed E-state index contributed by atoms with van der Waals surface area (Å²) in [5.74, 6) is 0.0416. The molecule has 2 aromatic rings. The first-order valence-corrected chi connectivity index (χ1v) is 10.1. The Labute approximate surface area is 145 Å². The second-order valence-electron chi connectivity index (χ2n) is 5.91. The number of hydrogen-bond donors (Lipinski definition) is 1. The molecule has 3 heterocycles. The van der Waals surface area contributed by atoms with Crippen LogP contribution in [0.4, 0.5) is 0 Å². The summed E-state index contributed by atoms with van der Waals surface area (Å²) in [6.45, 7) is 5.53. The van der Waals surface area contributed by atoms with Gasteiger partial charge in [-0.25, -0.2) is 13.1 Å². The number of nitrogens with zero attached hydrogens (tertiary/aromatic N) is 3. The molecule has 1 amide bonds. The number of thiophene rings is 1. The predicted octanol–water partition coefficient (Wildman–Crippen LogP) is 1.48. The van der Waals surface area contributed by atoms with Crippen LogP contribution in [0.1, 0.15) is 30.3 Å². The monoisotopic (exact) mass is 368 g/mol. The van der Waals surface area contributed by atoms with E-state index in [1.54, 1.807) is 17.9 Å². The molecular weight excluding hydrogens is 348 g/mol. The second-order valence-corrected chi connectivity index (χ2v) is 8.82. The lowest BCUT2D eigenvalue weighted by atomic mass is 10.3. The Morgan fingerprint density at radius 3 is 2.83 bits per heavy atom. The summed E-state index contributed by atoms with van der Waals surface area (Å²) in [5, 5.41) is 6.27. The largest absolute Gasteiger partial charge is 0.337 e. The summed E-state index contributed by atoms with van der Waals surface area (Å²) in [5.41, 5.74) is 2.52. The van der Waals surface area contributed by atoms with Gasteiger partial charge in [0, 0.05) is 20.0 Å². The van der Waals surface area contributed by atoms with Crippen molar-refractivity contribution in [2.24, 2.45) is 0 Å². The van der Waals surface area contributed by atoms with Crippen LogP contribution in [0.5, 0.6) is 0 Å². The van der Waals surface area contributed by atoms with Crippen molar-refractivity contribution in [3.8, 4) is 0 Å². The maximum Gasteiger partial charge on any atom is 0.250 e. The van der Waals surface area contributed by atoms with Gasteiger partial charge in [0.1, 0.15) is 4.21 Å². The first kappa shape index (κ1) is 17.1. The lowest BCUT2D eigenvalue weighted by Crippen LogP contribution is -2.28.